The van der Waals surface area contributed by atoms with E-state index in [1.54, 1.807) is 0 Å². The Bertz CT molecular complexity index is 562. The molecule has 3 aliphatic rings. The van der Waals surface area contributed by atoms with E-state index >= 15 is 0 Å². The Kier molecular flexibility index (Phi) is 3.78. The van der Waals surface area contributed by atoms with Gasteiger partial charge in [-0.05, 0) is 45.2 Å². The Labute approximate surface area is 132 Å². The normalized spacial score (nSPS) is 29.1. The lowest BCUT2D eigenvalue weighted by molar-refractivity contribution is 0.0928. The van der Waals surface area contributed by atoms with Crippen molar-refractivity contribution >= 4 is 5.95 Å². The third-order valence-corrected chi connectivity index (χ3v) is 5.40. The van der Waals surface area contributed by atoms with Crippen LogP contribution in [0.5, 0.6) is 0 Å². The molecule has 2 bridgehead atoms. The molecule has 0 saturated carbocycles. The molecule has 3 heterocycles. The molecular weight excluding hydrogens is 276 g/mol. The number of likely N-dealkylation sites (N-methyl/N-ethyl adjacent to an activating group) is 1. The fourth-order valence-corrected chi connectivity index (χ4v) is 4.12. The van der Waals surface area contributed by atoms with Crippen molar-refractivity contribution in [3.63, 3.8) is 0 Å². The Morgan fingerprint density at radius 2 is 1.91 bits per heavy atom. The van der Waals surface area contributed by atoms with Gasteiger partial charge in [0.2, 0.25) is 5.95 Å². The van der Waals surface area contributed by atoms with Crippen LogP contribution in [0, 0.1) is 12.8 Å². The number of rotatable bonds is 1. The molecule has 2 fully saturated rings. The van der Waals surface area contributed by atoms with E-state index in [9.17, 15) is 0 Å². The predicted molar refractivity (Wildman–Crippen MR) is 86.4 cm³/mol. The summed E-state index contributed by atoms with van der Waals surface area (Å²) < 4.78 is 5.82. The highest BCUT2D eigenvalue weighted by atomic mass is 16.5. The van der Waals surface area contributed by atoms with Crippen molar-refractivity contribution in [2.75, 3.05) is 44.8 Å². The number of fused-ring (bicyclic) bond motifs is 4. The van der Waals surface area contributed by atoms with Gasteiger partial charge in [-0.3, -0.25) is 4.90 Å². The lowest BCUT2D eigenvalue weighted by atomic mass is 9.95. The van der Waals surface area contributed by atoms with E-state index < -0.39 is 0 Å². The molecule has 0 unspecified atom stereocenters. The molecule has 0 N–H and O–H groups in total. The van der Waals surface area contributed by atoms with Crippen LogP contribution in [0.3, 0.4) is 0 Å². The molecule has 0 spiro atoms. The highest BCUT2D eigenvalue weighted by Crippen LogP contribution is 2.26. The van der Waals surface area contributed by atoms with Crippen molar-refractivity contribution in [1.29, 1.82) is 0 Å². The quantitative estimate of drug-likeness (QED) is 0.785. The van der Waals surface area contributed by atoms with Crippen LogP contribution in [0.2, 0.25) is 0 Å². The molecule has 2 saturated heterocycles. The van der Waals surface area contributed by atoms with Gasteiger partial charge in [0.15, 0.2) is 0 Å². The first-order chi connectivity index (χ1) is 10.7. The van der Waals surface area contributed by atoms with Gasteiger partial charge in [-0.25, -0.2) is 9.97 Å². The summed E-state index contributed by atoms with van der Waals surface area (Å²) in [4.78, 5) is 14.7. The third kappa shape index (κ3) is 2.61. The molecular formula is C17H26N4O. The fourth-order valence-electron chi connectivity index (χ4n) is 4.12. The van der Waals surface area contributed by atoms with Gasteiger partial charge < -0.3 is 9.64 Å². The molecule has 1 aliphatic carbocycles. The van der Waals surface area contributed by atoms with Gasteiger partial charge in [0.25, 0.3) is 0 Å². The maximum absolute atomic E-state index is 5.82. The number of aryl methyl sites for hydroxylation is 2. The van der Waals surface area contributed by atoms with Gasteiger partial charge in [0.05, 0.1) is 19.3 Å². The molecule has 0 radical (unpaired) electrons. The number of nitrogens with zero attached hydrogens (tertiary/aromatic N) is 4. The van der Waals surface area contributed by atoms with Crippen LogP contribution >= 0.6 is 0 Å². The zero-order valence-corrected chi connectivity index (χ0v) is 13.7. The van der Waals surface area contributed by atoms with Crippen LogP contribution < -0.4 is 4.90 Å². The summed E-state index contributed by atoms with van der Waals surface area (Å²) in [5.41, 5.74) is 3.90. The predicted octanol–water partition coefficient (Wildman–Crippen LogP) is 1.43. The number of hydrogen-bond acceptors (Lipinski definition) is 5. The molecule has 4 rings (SSSR count). The number of ether oxygens (including phenoxy) is 1. The van der Waals surface area contributed by atoms with Crippen LogP contribution in [-0.2, 0) is 17.6 Å². The maximum atomic E-state index is 5.82. The van der Waals surface area contributed by atoms with E-state index in [0.717, 1.165) is 51.6 Å². The molecule has 0 amide bonds. The Balaban J connectivity index is 1.65. The van der Waals surface area contributed by atoms with Crippen LogP contribution in [0.1, 0.15) is 29.8 Å². The average molecular weight is 302 g/mol. The van der Waals surface area contributed by atoms with Crippen LogP contribution in [0.15, 0.2) is 0 Å². The molecule has 5 heteroatoms. The lowest BCUT2D eigenvalue weighted by Crippen LogP contribution is -2.43. The van der Waals surface area contributed by atoms with Gasteiger partial charge in [-0.2, -0.15) is 0 Å². The number of hydrogen-bond donors (Lipinski definition) is 0. The second-order valence-corrected chi connectivity index (χ2v) is 7.14. The van der Waals surface area contributed by atoms with Crippen molar-refractivity contribution < 1.29 is 4.74 Å². The van der Waals surface area contributed by atoms with E-state index in [2.05, 4.69) is 23.8 Å². The fraction of sp³-hybridized carbons (Fsp3) is 0.765. The second kappa shape index (κ2) is 5.78. The van der Waals surface area contributed by atoms with Crippen molar-refractivity contribution in [2.24, 2.45) is 5.92 Å². The summed E-state index contributed by atoms with van der Waals surface area (Å²) in [7, 11) is 2.22. The van der Waals surface area contributed by atoms with Crippen molar-refractivity contribution in [3.05, 3.63) is 17.0 Å². The van der Waals surface area contributed by atoms with Crippen LogP contribution in [-0.4, -0.2) is 60.8 Å². The monoisotopic (exact) mass is 302 g/mol. The van der Waals surface area contributed by atoms with Crippen molar-refractivity contribution in [1.82, 2.24) is 14.9 Å². The molecule has 1 aromatic heterocycles. The van der Waals surface area contributed by atoms with E-state index in [0.29, 0.717) is 12.0 Å². The Morgan fingerprint density at radius 1 is 1.05 bits per heavy atom. The summed E-state index contributed by atoms with van der Waals surface area (Å²) >= 11 is 0. The number of aromatic nitrogens is 2. The summed E-state index contributed by atoms with van der Waals surface area (Å²) in [5.74, 6) is 1.50. The highest BCUT2D eigenvalue weighted by Gasteiger charge is 2.32. The lowest BCUT2D eigenvalue weighted by Gasteiger charge is -2.30. The van der Waals surface area contributed by atoms with E-state index in [1.807, 2.05) is 0 Å². The standard InChI is InChI=1S/C17H26N4O/c1-12-15-5-3-4-6-16(15)19-17(18-12)21-8-13-7-20(2)14(9-21)11-22-10-13/h13-14H,3-11H2,1-2H3/t13-,14+/m1/s1. The van der Waals surface area contributed by atoms with Gasteiger partial charge in [0, 0.05) is 36.9 Å². The second-order valence-electron chi connectivity index (χ2n) is 7.14. The summed E-state index contributed by atoms with van der Waals surface area (Å²) in [5, 5.41) is 0. The highest BCUT2D eigenvalue weighted by molar-refractivity contribution is 5.38. The molecule has 0 aromatic carbocycles. The van der Waals surface area contributed by atoms with Crippen LogP contribution in [0.25, 0.3) is 0 Å². The van der Waals surface area contributed by atoms with Crippen molar-refractivity contribution in [2.45, 2.75) is 38.6 Å². The van der Waals surface area contributed by atoms with Gasteiger partial charge >= 0.3 is 0 Å². The SMILES string of the molecule is Cc1nc(N2C[C@@H]3COC[C@H](C2)N(C)C3)nc2c1CCCC2. The first-order valence-electron chi connectivity index (χ1n) is 8.60. The van der Waals surface area contributed by atoms with Crippen molar-refractivity contribution in [3.8, 4) is 0 Å². The zero-order valence-electron chi connectivity index (χ0n) is 13.7. The topological polar surface area (TPSA) is 41.5 Å². The number of anilines is 1. The van der Waals surface area contributed by atoms with Gasteiger partial charge in [-0.15, -0.1) is 0 Å². The molecule has 120 valence electrons. The molecule has 2 aliphatic heterocycles. The first kappa shape index (κ1) is 14.4. The Hall–Kier alpha value is -1.20. The van der Waals surface area contributed by atoms with Gasteiger partial charge in [0.1, 0.15) is 0 Å². The minimum atomic E-state index is 0.451. The Morgan fingerprint density at radius 3 is 2.82 bits per heavy atom. The van der Waals surface area contributed by atoms with Gasteiger partial charge in [-0.1, -0.05) is 0 Å². The van der Waals surface area contributed by atoms with Crippen LogP contribution in [0.4, 0.5) is 5.95 Å². The maximum Gasteiger partial charge on any atom is 0.225 e. The third-order valence-electron chi connectivity index (χ3n) is 5.40. The smallest absolute Gasteiger partial charge is 0.225 e. The van der Waals surface area contributed by atoms with E-state index in [-0.39, 0.29) is 0 Å². The van der Waals surface area contributed by atoms with E-state index in [4.69, 9.17) is 14.7 Å². The zero-order chi connectivity index (χ0) is 15.1. The summed E-state index contributed by atoms with van der Waals surface area (Å²) in [6.45, 7) is 6.95. The largest absolute Gasteiger partial charge is 0.379 e. The molecule has 2 atom stereocenters. The molecule has 22 heavy (non-hydrogen) atoms. The summed E-state index contributed by atoms with van der Waals surface area (Å²) in [6, 6.07) is 0.451. The average Bonchev–Trinajstić information content (AvgIpc) is 2.75. The van der Waals surface area contributed by atoms with E-state index in [1.165, 1.54) is 29.8 Å². The summed E-state index contributed by atoms with van der Waals surface area (Å²) in [6.07, 6.45) is 4.83. The minimum absolute atomic E-state index is 0.451. The minimum Gasteiger partial charge on any atom is -0.379 e. The molecule has 5 nitrogen and oxygen atoms in total. The molecule has 1 aromatic rings. The first-order valence-corrected chi connectivity index (χ1v) is 8.60.